The summed E-state index contributed by atoms with van der Waals surface area (Å²) in [7, 11) is 0. The second-order valence-corrected chi connectivity index (χ2v) is 5.91. The number of amides is 1. The molecule has 0 radical (unpaired) electrons. The number of hydrogen-bond acceptors (Lipinski definition) is 3. The van der Waals surface area contributed by atoms with E-state index in [1.807, 2.05) is 18.2 Å². The van der Waals surface area contributed by atoms with E-state index in [-0.39, 0.29) is 11.9 Å². The van der Waals surface area contributed by atoms with Gasteiger partial charge in [0.05, 0.1) is 5.56 Å². The monoisotopic (exact) mass is 280 g/mol. The minimum Gasteiger partial charge on any atom is -0.348 e. The molecule has 2 aromatic heterocycles. The van der Waals surface area contributed by atoms with Gasteiger partial charge in [0.25, 0.3) is 5.91 Å². The van der Waals surface area contributed by atoms with E-state index < -0.39 is 0 Å². The Balaban J connectivity index is 1.58. The second-order valence-electron chi connectivity index (χ2n) is 5.91. The summed E-state index contributed by atoms with van der Waals surface area (Å²) in [6.07, 6.45) is 5.12. The lowest BCUT2D eigenvalue weighted by molar-refractivity contribution is 0.0930. The summed E-state index contributed by atoms with van der Waals surface area (Å²) in [4.78, 5) is 12.4. The van der Waals surface area contributed by atoms with Crippen molar-refractivity contribution in [2.45, 2.75) is 37.4 Å². The molecule has 2 N–H and O–H groups in total. The highest BCUT2D eigenvalue weighted by atomic mass is 16.1. The van der Waals surface area contributed by atoms with Crippen molar-refractivity contribution in [3.63, 3.8) is 0 Å². The number of fused-ring (bicyclic) bond motifs is 3. The summed E-state index contributed by atoms with van der Waals surface area (Å²) in [5, 5.41) is 15.7. The van der Waals surface area contributed by atoms with Crippen LogP contribution in [0.15, 0.2) is 30.5 Å². The molecule has 5 nitrogen and oxygen atoms in total. The standard InChI is InChI=1S/C16H16N4O/c17-8-13-5-4-12-3-1-10(9-20(12)13)16(21)19-15-7-11-2-6-14(15)18-11/h1,3-5,9,11,14-15,18H,2,6-7H2,(H,19,21). The number of nitrogens with zero attached hydrogens (tertiary/aromatic N) is 2. The van der Waals surface area contributed by atoms with Crippen LogP contribution < -0.4 is 10.6 Å². The van der Waals surface area contributed by atoms with Crippen LogP contribution in [0.2, 0.25) is 0 Å². The number of carbonyl (C=O) groups excluding carboxylic acids is 1. The molecule has 0 aromatic carbocycles. The van der Waals surface area contributed by atoms with Crippen LogP contribution in [-0.4, -0.2) is 28.4 Å². The lowest BCUT2D eigenvalue weighted by atomic mass is 9.95. The van der Waals surface area contributed by atoms with Gasteiger partial charge in [-0.3, -0.25) is 4.79 Å². The van der Waals surface area contributed by atoms with Crippen LogP contribution >= 0.6 is 0 Å². The van der Waals surface area contributed by atoms with Crippen molar-refractivity contribution < 1.29 is 4.79 Å². The van der Waals surface area contributed by atoms with Crippen LogP contribution in [0.3, 0.4) is 0 Å². The third kappa shape index (κ3) is 1.99. The third-order valence-electron chi connectivity index (χ3n) is 4.64. The van der Waals surface area contributed by atoms with Crippen molar-refractivity contribution in [3.8, 4) is 6.07 Å². The molecule has 106 valence electrons. The molecule has 0 spiro atoms. The van der Waals surface area contributed by atoms with E-state index in [0.717, 1.165) is 18.4 Å². The first kappa shape index (κ1) is 12.4. The number of aromatic nitrogens is 1. The van der Waals surface area contributed by atoms with Crippen molar-refractivity contribution in [3.05, 3.63) is 41.7 Å². The van der Waals surface area contributed by atoms with Gasteiger partial charge in [0.15, 0.2) is 0 Å². The van der Waals surface area contributed by atoms with Crippen LogP contribution in [0.5, 0.6) is 0 Å². The highest BCUT2D eigenvalue weighted by Gasteiger charge is 2.39. The first-order chi connectivity index (χ1) is 10.2. The highest BCUT2D eigenvalue weighted by Crippen LogP contribution is 2.28. The van der Waals surface area contributed by atoms with Crippen LogP contribution in [0.25, 0.3) is 5.52 Å². The maximum atomic E-state index is 12.4. The smallest absolute Gasteiger partial charge is 0.253 e. The Labute approximate surface area is 122 Å². The van der Waals surface area contributed by atoms with Gasteiger partial charge in [-0.1, -0.05) is 0 Å². The molecule has 2 saturated heterocycles. The first-order valence-corrected chi connectivity index (χ1v) is 7.33. The molecular weight excluding hydrogens is 264 g/mol. The van der Waals surface area contributed by atoms with Crippen LogP contribution in [-0.2, 0) is 0 Å². The molecule has 3 unspecified atom stereocenters. The summed E-state index contributed by atoms with van der Waals surface area (Å²) in [6.45, 7) is 0. The van der Waals surface area contributed by atoms with Crippen molar-refractivity contribution in [1.82, 2.24) is 15.0 Å². The van der Waals surface area contributed by atoms with Gasteiger partial charge in [-0.15, -0.1) is 0 Å². The summed E-state index contributed by atoms with van der Waals surface area (Å²) in [5.41, 5.74) is 2.06. The van der Waals surface area contributed by atoms with Crippen LogP contribution in [0.4, 0.5) is 0 Å². The zero-order valence-electron chi connectivity index (χ0n) is 11.5. The van der Waals surface area contributed by atoms with Gasteiger partial charge < -0.3 is 15.0 Å². The van der Waals surface area contributed by atoms with E-state index in [1.165, 1.54) is 6.42 Å². The Kier molecular flexibility index (Phi) is 2.72. The number of carbonyl (C=O) groups is 1. The Morgan fingerprint density at radius 2 is 2.19 bits per heavy atom. The molecule has 2 aliphatic rings. The third-order valence-corrected chi connectivity index (χ3v) is 4.64. The molecule has 3 atom stereocenters. The molecule has 1 amide bonds. The zero-order valence-corrected chi connectivity index (χ0v) is 11.5. The van der Waals surface area contributed by atoms with Gasteiger partial charge in [0, 0.05) is 29.8 Å². The Morgan fingerprint density at radius 1 is 1.33 bits per heavy atom. The largest absolute Gasteiger partial charge is 0.348 e. The molecule has 2 aliphatic heterocycles. The van der Waals surface area contributed by atoms with E-state index in [9.17, 15) is 4.79 Å². The molecule has 2 fully saturated rings. The topological polar surface area (TPSA) is 69.3 Å². The lowest BCUT2D eigenvalue weighted by Crippen LogP contribution is -2.42. The predicted octanol–water partition coefficient (Wildman–Crippen LogP) is 1.43. The summed E-state index contributed by atoms with van der Waals surface area (Å²) < 4.78 is 1.76. The fourth-order valence-corrected chi connectivity index (χ4v) is 3.56. The minimum absolute atomic E-state index is 0.0613. The molecule has 0 saturated carbocycles. The predicted molar refractivity (Wildman–Crippen MR) is 77.9 cm³/mol. The van der Waals surface area contributed by atoms with E-state index in [0.29, 0.717) is 23.3 Å². The minimum atomic E-state index is -0.0613. The van der Waals surface area contributed by atoms with E-state index in [4.69, 9.17) is 5.26 Å². The normalized spacial score (nSPS) is 26.9. The van der Waals surface area contributed by atoms with Crippen molar-refractivity contribution >= 4 is 11.4 Å². The van der Waals surface area contributed by atoms with Gasteiger partial charge in [-0.05, 0) is 43.5 Å². The van der Waals surface area contributed by atoms with Crippen LogP contribution in [0.1, 0.15) is 35.3 Å². The van der Waals surface area contributed by atoms with E-state index >= 15 is 0 Å². The van der Waals surface area contributed by atoms with E-state index in [2.05, 4.69) is 16.7 Å². The molecule has 2 aromatic rings. The number of rotatable bonds is 2. The van der Waals surface area contributed by atoms with Gasteiger partial charge in [0.2, 0.25) is 0 Å². The highest BCUT2D eigenvalue weighted by molar-refractivity contribution is 5.94. The quantitative estimate of drug-likeness (QED) is 0.874. The summed E-state index contributed by atoms with van der Waals surface area (Å²) >= 11 is 0. The number of pyridine rings is 1. The van der Waals surface area contributed by atoms with Crippen molar-refractivity contribution in [1.29, 1.82) is 5.26 Å². The average molecular weight is 280 g/mol. The fourth-order valence-electron chi connectivity index (χ4n) is 3.56. The lowest BCUT2D eigenvalue weighted by Gasteiger charge is -2.21. The number of nitriles is 1. The SMILES string of the molecule is N#Cc1ccc2ccc(C(=O)NC3CC4CCC3N4)cn12. The Hall–Kier alpha value is -2.32. The van der Waals surface area contributed by atoms with Crippen molar-refractivity contribution in [2.24, 2.45) is 0 Å². The van der Waals surface area contributed by atoms with Gasteiger partial charge in [-0.2, -0.15) is 5.26 Å². The van der Waals surface area contributed by atoms with E-state index in [1.54, 1.807) is 16.7 Å². The molecule has 0 aliphatic carbocycles. The average Bonchev–Trinajstić information content (AvgIpc) is 3.21. The molecule has 4 heterocycles. The molecule has 4 rings (SSSR count). The molecule has 21 heavy (non-hydrogen) atoms. The first-order valence-electron chi connectivity index (χ1n) is 7.33. The maximum Gasteiger partial charge on any atom is 0.253 e. The van der Waals surface area contributed by atoms with Gasteiger partial charge in [0.1, 0.15) is 11.8 Å². The maximum absolute atomic E-state index is 12.4. The summed E-state index contributed by atoms with van der Waals surface area (Å²) in [6, 6.07) is 10.7. The Bertz CT molecular complexity index is 757. The van der Waals surface area contributed by atoms with Gasteiger partial charge >= 0.3 is 0 Å². The molecular formula is C16H16N4O. The van der Waals surface area contributed by atoms with Crippen molar-refractivity contribution in [2.75, 3.05) is 0 Å². The molecule has 5 heteroatoms. The second kappa shape index (κ2) is 4.61. The number of nitrogens with one attached hydrogen (secondary N) is 2. The fraction of sp³-hybridized carbons (Fsp3) is 0.375. The van der Waals surface area contributed by atoms with Gasteiger partial charge in [-0.25, -0.2) is 0 Å². The number of hydrogen-bond donors (Lipinski definition) is 2. The summed E-state index contributed by atoms with van der Waals surface area (Å²) in [5.74, 6) is -0.0613. The molecule has 2 bridgehead atoms. The zero-order chi connectivity index (χ0) is 14.4. The van der Waals surface area contributed by atoms with Crippen LogP contribution in [0, 0.1) is 11.3 Å². The Morgan fingerprint density at radius 3 is 2.90 bits per heavy atom.